The maximum atomic E-state index is 9.49. The number of aromatic nitrogens is 4. The van der Waals surface area contributed by atoms with Gasteiger partial charge in [0, 0.05) is 18.9 Å². The number of aliphatic hydroxyl groups excluding tert-OH is 1. The van der Waals surface area contributed by atoms with E-state index in [-0.39, 0.29) is 12.6 Å². The second kappa shape index (κ2) is 4.53. The van der Waals surface area contributed by atoms with Crippen LogP contribution in [0.4, 0.5) is 5.82 Å². The molecule has 0 radical (unpaired) electrons. The van der Waals surface area contributed by atoms with Crippen LogP contribution in [0.2, 0.25) is 0 Å². The van der Waals surface area contributed by atoms with E-state index in [1.165, 1.54) is 0 Å². The first kappa shape index (κ1) is 11.4. The largest absolute Gasteiger partial charge is 0.394 e. The molecule has 96 valence electrons. The maximum Gasteiger partial charge on any atom is 0.203 e. The first-order valence-corrected chi connectivity index (χ1v) is 6.35. The van der Waals surface area contributed by atoms with Crippen molar-refractivity contribution >= 4 is 11.5 Å². The van der Waals surface area contributed by atoms with Crippen LogP contribution in [0, 0.1) is 6.92 Å². The number of nitrogens with zero attached hydrogens (tertiary/aromatic N) is 5. The van der Waals surface area contributed by atoms with Crippen molar-refractivity contribution in [3.8, 4) is 0 Å². The highest BCUT2D eigenvalue weighted by Gasteiger charge is 2.25. The van der Waals surface area contributed by atoms with Gasteiger partial charge in [0.2, 0.25) is 5.65 Å². The quantitative estimate of drug-likeness (QED) is 0.849. The van der Waals surface area contributed by atoms with Crippen molar-refractivity contribution in [2.24, 2.45) is 0 Å². The molecular weight excluding hydrogens is 230 g/mol. The molecule has 18 heavy (non-hydrogen) atoms. The van der Waals surface area contributed by atoms with Gasteiger partial charge in [0.25, 0.3) is 0 Å². The van der Waals surface area contributed by atoms with Crippen molar-refractivity contribution in [2.45, 2.75) is 32.2 Å². The van der Waals surface area contributed by atoms with E-state index in [1.54, 1.807) is 6.20 Å². The molecular formula is C12H17N5O. The molecule has 0 amide bonds. The van der Waals surface area contributed by atoms with Crippen LogP contribution in [0.15, 0.2) is 12.4 Å². The summed E-state index contributed by atoms with van der Waals surface area (Å²) in [5.74, 6) is 1.68. The zero-order valence-electron chi connectivity index (χ0n) is 10.5. The Morgan fingerprint density at radius 1 is 1.39 bits per heavy atom. The molecule has 6 nitrogen and oxygen atoms in total. The highest BCUT2D eigenvalue weighted by molar-refractivity contribution is 5.64. The summed E-state index contributed by atoms with van der Waals surface area (Å²) in [6, 6.07) is 0.148. The topological polar surface area (TPSA) is 66.5 Å². The van der Waals surface area contributed by atoms with Crippen LogP contribution in [0.5, 0.6) is 0 Å². The summed E-state index contributed by atoms with van der Waals surface area (Å²) in [7, 11) is 0. The summed E-state index contributed by atoms with van der Waals surface area (Å²) >= 11 is 0. The van der Waals surface area contributed by atoms with Crippen LogP contribution in [0.1, 0.15) is 25.1 Å². The summed E-state index contributed by atoms with van der Waals surface area (Å²) in [6.45, 7) is 3.00. The smallest absolute Gasteiger partial charge is 0.203 e. The van der Waals surface area contributed by atoms with E-state index >= 15 is 0 Å². The molecule has 1 N–H and O–H groups in total. The predicted octanol–water partition coefficient (Wildman–Crippen LogP) is 0.784. The number of piperidine rings is 1. The third kappa shape index (κ3) is 1.73. The number of fused-ring (bicyclic) bond motifs is 1. The van der Waals surface area contributed by atoms with Gasteiger partial charge >= 0.3 is 0 Å². The van der Waals surface area contributed by atoms with Gasteiger partial charge < -0.3 is 10.0 Å². The lowest BCUT2D eigenvalue weighted by Gasteiger charge is -2.35. The Kier molecular flexibility index (Phi) is 2.87. The first-order valence-electron chi connectivity index (χ1n) is 6.35. The van der Waals surface area contributed by atoms with Crippen molar-refractivity contribution < 1.29 is 5.11 Å². The highest BCUT2D eigenvalue weighted by atomic mass is 16.3. The van der Waals surface area contributed by atoms with E-state index in [0.717, 1.165) is 43.1 Å². The average molecular weight is 247 g/mol. The SMILES string of the molecule is Cc1nnc2c(N3CCCCC3CO)nccn12. The third-order valence-corrected chi connectivity index (χ3v) is 3.59. The zero-order chi connectivity index (χ0) is 12.5. The molecule has 0 aliphatic carbocycles. The lowest BCUT2D eigenvalue weighted by molar-refractivity contribution is 0.239. The Hall–Kier alpha value is -1.69. The van der Waals surface area contributed by atoms with Crippen molar-refractivity contribution in [3.05, 3.63) is 18.2 Å². The minimum atomic E-state index is 0.148. The van der Waals surface area contributed by atoms with Crippen molar-refractivity contribution in [1.82, 2.24) is 19.6 Å². The van der Waals surface area contributed by atoms with Crippen LogP contribution in [0.25, 0.3) is 5.65 Å². The molecule has 3 heterocycles. The van der Waals surface area contributed by atoms with E-state index in [0.29, 0.717) is 0 Å². The summed E-state index contributed by atoms with van der Waals surface area (Å²) in [6.07, 6.45) is 6.93. The van der Waals surface area contributed by atoms with Gasteiger partial charge in [-0.05, 0) is 26.2 Å². The normalized spacial score (nSPS) is 20.6. The molecule has 2 aromatic rings. The number of rotatable bonds is 2. The van der Waals surface area contributed by atoms with Gasteiger partial charge in [-0.2, -0.15) is 0 Å². The zero-order valence-corrected chi connectivity index (χ0v) is 10.5. The molecule has 1 aliphatic rings. The molecule has 2 aromatic heterocycles. The fraction of sp³-hybridized carbons (Fsp3) is 0.583. The van der Waals surface area contributed by atoms with E-state index in [1.807, 2.05) is 17.5 Å². The van der Waals surface area contributed by atoms with Crippen LogP contribution in [-0.4, -0.2) is 43.9 Å². The number of aryl methyl sites for hydroxylation is 1. The van der Waals surface area contributed by atoms with Gasteiger partial charge in [-0.15, -0.1) is 10.2 Å². The highest BCUT2D eigenvalue weighted by Crippen LogP contribution is 2.25. The second-order valence-corrected chi connectivity index (χ2v) is 4.72. The van der Waals surface area contributed by atoms with E-state index in [2.05, 4.69) is 20.1 Å². The lowest BCUT2D eigenvalue weighted by Crippen LogP contribution is -2.42. The number of hydrogen-bond acceptors (Lipinski definition) is 5. The number of hydrogen-bond donors (Lipinski definition) is 1. The average Bonchev–Trinajstić information content (AvgIpc) is 2.81. The fourth-order valence-corrected chi connectivity index (χ4v) is 2.60. The third-order valence-electron chi connectivity index (χ3n) is 3.59. The van der Waals surface area contributed by atoms with Crippen molar-refractivity contribution in [2.75, 3.05) is 18.1 Å². The van der Waals surface area contributed by atoms with Crippen molar-refractivity contribution in [3.63, 3.8) is 0 Å². The summed E-state index contributed by atoms with van der Waals surface area (Å²) in [5, 5.41) is 17.8. The van der Waals surface area contributed by atoms with Gasteiger partial charge in [0.05, 0.1) is 12.6 Å². The Bertz CT molecular complexity index is 552. The molecule has 6 heteroatoms. The lowest BCUT2D eigenvalue weighted by atomic mass is 10.0. The minimum absolute atomic E-state index is 0.148. The van der Waals surface area contributed by atoms with Crippen molar-refractivity contribution in [1.29, 1.82) is 0 Å². The molecule has 0 bridgehead atoms. The van der Waals surface area contributed by atoms with Crippen LogP contribution >= 0.6 is 0 Å². The second-order valence-electron chi connectivity index (χ2n) is 4.72. The summed E-state index contributed by atoms with van der Waals surface area (Å²) < 4.78 is 1.94. The molecule has 1 unspecified atom stereocenters. The molecule has 3 rings (SSSR count). The van der Waals surface area contributed by atoms with Gasteiger partial charge in [0.15, 0.2) is 5.82 Å². The number of anilines is 1. The van der Waals surface area contributed by atoms with Crippen LogP contribution in [0.3, 0.4) is 0 Å². The summed E-state index contributed by atoms with van der Waals surface area (Å²) in [5.41, 5.74) is 0.773. The Morgan fingerprint density at radius 3 is 3.11 bits per heavy atom. The molecule has 1 saturated heterocycles. The predicted molar refractivity (Wildman–Crippen MR) is 67.6 cm³/mol. The Balaban J connectivity index is 2.07. The maximum absolute atomic E-state index is 9.49. The first-order chi connectivity index (χ1) is 8.81. The van der Waals surface area contributed by atoms with E-state index in [4.69, 9.17) is 0 Å². The van der Waals surface area contributed by atoms with Gasteiger partial charge in [0.1, 0.15) is 5.82 Å². The van der Waals surface area contributed by atoms with Gasteiger partial charge in [-0.1, -0.05) is 0 Å². The fourth-order valence-electron chi connectivity index (χ4n) is 2.60. The van der Waals surface area contributed by atoms with Gasteiger partial charge in [-0.3, -0.25) is 4.40 Å². The monoisotopic (exact) mass is 247 g/mol. The van der Waals surface area contributed by atoms with E-state index < -0.39 is 0 Å². The van der Waals surface area contributed by atoms with E-state index in [9.17, 15) is 5.11 Å². The Morgan fingerprint density at radius 2 is 2.28 bits per heavy atom. The Labute approximate surface area is 105 Å². The van der Waals surface area contributed by atoms with Crippen LogP contribution in [-0.2, 0) is 0 Å². The molecule has 1 fully saturated rings. The molecule has 0 saturated carbocycles. The van der Waals surface area contributed by atoms with Gasteiger partial charge in [-0.25, -0.2) is 4.98 Å². The minimum Gasteiger partial charge on any atom is -0.394 e. The summed E-state index contributed by atoms with van der Waals surface area (Å²) in [4.78, 5) is 6.59. The molecule has 0 spiro atoms. The standard InChI is InChI=1S/C12H17N5O/c1-9-14-15-12-11(13-5-7-16(9)12)17-6-3-2-4-10(17)8-18/h5,7,10,18H,2-4,6,8H2,1H3. The molecule has 0 aromatic carbocycles. The van der Waals surface area contributed by atoms with Crippen LogP contribution < -0.4 is 4.90 Å². The number of aliphatic hydroxyl groups is 1. The molecule has 1 aliphatic heterocycles. The molecule has 1 atom stereocenters.